The van der Waals surface area contributed by atoms with Gasteiger partial charge in [0, 0.05) is 18.0 Å². The third-order valence-electron chi connectivity index (χ3n) is 2.86. The summed E-state index contributed by atoms with van der Waals surface area (Å²) in [5.74, 6) is 0.491. The predicted molar refractivity (Wildman–Crippen MR) is 72.9 cm³/mol. The first-order valence-corrected chi connectivity index (χ1v) is 6.36. The van der Waals surface area contributed by atoms with Gasteiger partial charge in [-0.3, -0.25) is 9.78 Å². The van der Waals surface area contributed by atoms with Crippen LogP contribution in [0, 0.1) is 18.3 Å². The molecule has 0 atom stereocenters. The van der Waals surface area contributed by atoms with Crippen LogP contribution in [0.3, 0.4) is 0 Å². The maximum atomic E-state index is 12.1. The van der Waals surface area contributed by atoms with Crippen LogP contribution in [-0.2, 0) is 0 Å². The predicted octanol–water partition coefficient (Wildman–Crippen LogP) is 2.23. The van der Waals surface area contributed by atoms with E-state index in [1.807, 2.05) is 0 Å². The summed E-state index contributed by atoms with van der Waals surface area (Å²) in [6.45, 7) is 1.76. The Bertz CT molecular complexity index is 858. The summed E-state index contributed by atoms with van der Waals surface area (Å²) in [5.41, 5.74) is 1.27. The molecule has 0 spiro atoms. The van der Waals surface area contributed by atoms with Crippen molar-refractivity contribution in [1.82, 2.24) is 15.0 Å². The third kappa shape index (κ3) is 1.80. The summed E-state index contributed by atoms with van der Waals surface area (Å²) >= 11 is 1.24. The van der Waals surface area contributed by atoms with Gasteiger partial charge in [0.15, 0.2) is 0 Å². The van der Waals surface area contributed by atoms with E-state index in [2.05, 4.69) is 21.0 Å². The largest absolute Gasteiger partial charge is 0.306 e. The molecule has 0 aliphatic heterocycles. The second-order valence-electron chi connectivity index (χ2n) is 4.00. The fraction of sp³-hybridized carbons (Fsp3) is 0.0769. The Morgan fingerprint density at radius 3 is 2.79 bits per heavy atom. The molecule has 0 fully saturated rings. The highest BCUT2D eigenvalue weighted by Gasteiger charge is 2.14. The number of nitrogens with zero attached hydrogens (tertiary/aromatic N) is 3. The minimum absolute atomic E-state index is 0.216. The number of aromatic nitrogens is 3. The van der Waals surface area contributed by atoms with E-state index in [1.165, 1.54) is 11.3 Å². The van der Waals surface area contributed by atoms with E-state index in [9.17, 15) is 4.79 Å². The summed E-state index contributed by atoms with van der Waals surface area (Å²) < 4.78 is 0. The monoisotopic (exact) mass is 268 g/mol. The summed E-state index contributed by atoms with van der Waals surface area (Å²) in [7, 11) is 0. The van der Waals surface area contributed by atoms with Gasteiger partial charge in [0.1, 0.15) is 21.6 Å². The first-order valence-electron chi connectivity index (χ1n) is 5.54. The number of fused-ring (bicyclic) bond motifs is 1. The van der Waals surface area contributed by atoms with Gasteiger partial charge in [-0.1, -0.05) is 0 Å². The van der Waals surface area contributed by atoms with Crippen molar-refractivity contribution in [2.45, 2.75) is 6.92 Å². The second-order valence-corrected chi connectivity index (χ2v) is 5.00. The van der Waals surface area contributed by atoms with E-state index < -0.39 is 0 Å². The molecular weight excluding hydrogens is 260 g/mol. The molecule has 1 N–H and O–H groups in total. The van der Waals surface area contributed by atoms with Crippen LogP contribution in [0.25, 0.3) is 21.6 Å². The van der Waals surface area contributed by atoms with Gasteiger partial charge in [0.2, 0.25) is 0 Å². The topological polar surface area (TPSA) is 82.4 Å². The molecule has 0 aliphatic rings. The highest BCUT2D eigenvalue weighted by molar-refractivity contribution is 7.19. The van der Waals surface area contributed by atoms with Gasteiger partial charge in [0.05, 0.1) is 5.39 Å². The lowest BCUT2D eigenvalue weighted by atomic mass is 10.2. The Morgan fingerprint density at radius 1 is 1.37 bits per heavy atom. The first kappa shape index (κ1) is 11.6. The molecule has 3 aromatic rings. The maximum absolute atomic E-state index is 12.1. The van der Waals surface area contributed by atoms with Crippen molar-refractivity contribution < 1.29 is 0 Å². The van der Waals surface area contributed by atoms with Crippen molar-refractivity contribution in [3.05, 3.63) is 45.3 Å². The zero-order valence-corrected chi connectivity index (χ0v) is 10.8. The van der Waals surface area contributed by atoms with Crippen molar-refractivity contribution in [3.8, 4) is 17.5 Å². The number of pyridine rings is 1. The molecule has 3 rings (SSSR count). The van der Waals surface area contributed by atoms with E-state index >= 15 is 0 Å². The number of nitrogens with one attached hydrogen (secondary N) is 1. The lowest BCUT2D eigenvalue weighted by Crippen LogP contribution is -2.09. The average molecular weight is 268 g/mol. The smallest absolute Gasteiger partial charge is 0.260 e. The van der Waals surface area contributed by atoms with Crippen molar-refractivity contribution in [3.63, 3.8) is 0 Å². The number of hydrogen-bond acceptors (Lipinski definition) is 5. The van der Waals surface area contributed by atoms with Gasteiger partial charge >= 0.3 is 0 Å². The van der Waals surface area contributed by atoms with Crippen LogP contribution >= 0.6 is 11.3 Å². The summed E-state index contributed by atoms with van der Waals surface area (Å²) in [5, 5.41) is 9.51. The summed E-state index contributed by atoms with van der Waals surface area (Å²) in [4.78, 5) is 24.3. The molecule has 0 amide bonds. The summed E-state index contributed by atoms with van der Waals surface area (Å²) in [6, 6.07) is 5.63. The van der Waals surface area contributed by atoms with Crippen LogP contribution in [0.4, 0.5) is 0 Å². The van der Waals surface area contributed by atoms with Crippen LogP contribution in [0.5, 0.6) is 0 Å². The van der Waals surface area contributed by atoms with Crippen LogP contribution in [0.1, 0.15) is 10.4 Å². The minimum atomic E-state index is -0.216. The highest BCUT2D eigenvalue weighted by atomic mass is 32.1. The molecule has 19 heavy (non-hydrogen) atoms. The lowest BCUT2D eigenvalue weighted by Gasteiger charge is -2.00. The van der Waals surface area contributed by atoms with Gasteiger partial charge in [-0.2, -0.15) is 5.26 Å². The van der Waals surface area contributed by atoms with Crippen LogP contribution in [0.2, 0.25) is 0 Å². The van der Waals surface area contributed by atoms with Crippen molar-refractivity contribution in [2.75, 3.05) is 0 Å². The van der Waals surface area contributed by atoms with Gasteiger partial charge in [-0.25, -0.2) is 4.98 Å². The fourth-order valence-electron chi connectivity index (χ4n) is 1.90. The SMILES string of the molecule is Cc1c(C#N)sc2nc(-c3ccncc3)[nH]c(=O)c12. The second kappa shape index (κ2) is 4.30. The number of H-pyrrole nitrogens is 1. The van der Waals surface area contributed by atoms with Crippen LogP contribution in [-0.4, -0.2) is 15.0 Å². The zero-order valence-electron chi connectivity index (χ0n) is 9.97. The third-order valence-corrected chi connectivity index (χ3v) is 3.95. The molecule has 0 bridgehead atoms. The van der Waals surface area contributed by atoms with Gasteiger partial charge < -0.3 is 4.98 Å². The fourth-order valence-corrected chi connectivity index (χ4v) is 2.88. The standard InChI is InChI=1S/C13H8N4OS/c1-7-9(6-14)19-13-10(7)12(18)16-11(17-13)8-2-4-15-5-3-8/h2-5H,1H3,(H,16,17,18). The van der Waals surface area contributed by atoms with Gasteiger partial charge in [0.25, 0.3) is 5.56 Å². The molecule has 3 aromatic heterocycles. The molecule has 92 valence electrons. The Balaban J connectivity index is 2.33. The molecule has 5 nitrogen and oxygen atoms in total. The molecule has 0 aromatic carbocycles. The van der Waals surface area contributed by atoms with Crippen molar-refractivity contribution in [1.29, 1.82) is 5.26 Å². The minimum Gasteiger partial charge on any atom is -0.306 e. The Kier molecular flexibility index (Phi) is 2.62. The molecule has 0 unspecified atom stereocenters. The summed E-state index contributed by atoms with van der Waals surface area (Å²) in [6.07, 6.45) is 3.28. The Labute approximate surface area is 112 Å². The van der Waals surface area contributed by atoms with Crippen molar-refractivity contribution in [2.24, 2.45) is 0 Å². The molecule has 0 saturated carbocycles. The van der Waals surface area contributed by atoms with Crippen LogP contribution < -0.4 is 5.56 Å². The normalized spacial score (nSPS) is 10.5. The lowest BCUT2D eigenvalue weighted by molar-refractivity contribution is 1.18. The van der Waals surface area contributed by atoms with Gasteiger partial charge in [-0.15, -0.1) is 11.3 Å². The van der Waals surface area contributed by atoms with E-state index in [1.54, 1.807) is 31.5 Å². The number of aryl methyl sites for hydroxylation is 1. The molecule has 3 heterocycles. The van der Waals surface area contributed by atoms with Crippen LogP contribution in [0.15, 0.2) is 29.3 Å². The maximum Gasteiger partial charge on any atom is 0.260 e. The average Bonchev–Trinajstić information content (AvgIpc) is 2.76. The number of nitriles is 1. The molecule has 0 aliphatic carbocycles. The molecule has 0 saturated heterocycles. The molecular formula is C13H8N4OS. The van der Waals surface area contributed by atoms with E-state index in [-0.39, 0.29) is 5.56 Å². The molecule has 0 radical (unpaired) electrons. The van der Waals surface area contributed by atoms with Gasteiger partial charge in [-0.05, 0) is 24.6 Å². The Morgan fingerprint density at radius 2 is 2.11 bits per heavy atom. The number of aromatic amines is 1. The number of hydrogen-bond donors (Lipinski definition) is 1. The van der Waals surface area contributed by atoms with Crippen molar-refractivity contribution >= 4 is 21.6 Å². The first-order chi connectivity index (χ1) is 9.20. The zero-order chi connectivity index (χ0) is 13.4. The van der Waals surface area contributed by atoms with E-state index in [0.717, 1.165) is 5.56 Å². The highest BCUT2D eigenvalue weighted by Crippen LogP contribution is 2.27. The quantitative estimate of drug-likeness (QED) is 0.733. The number of thiophene rings is 1. The van der Waals surface area contributed by atoms with E-state index in [0.29, 0.717) is 26.5 Å². The number of rotatable bonds is 1. The molecule has 6 heteroatoms. The van der Waals surface area contributed by atoms with E-state index in [4.69, 9.17) is 5.26 Å². The Hall–Kier alpha value is -2.52.